The van der Waals surface area contributed by atoms with Crippen molar-refractivity contribution in [3.05, 3.63) is 131 Å². The van der Waals surface area contributed by atoms with E-state index in [0.29, 0.717) is 30.2 Å². The molecule has 0 atom stereocenters. The highest BCUT2D eigenvalue weighted by Crippen LogP contribution is 2.35. The van der Waals surface area contributed by atoms with Crippen LogP contribution in [-0.2, 0) is 25.7 Å². The topological polar surface area (TPSA) is 35.5 Å². The van der Waals surface area contributed by atoms with Gasteiger partial charge in [-0.05, 0) is 158 Å². The van der Waals surface area contributed by atoms with Crippen molar-refractivity contribution >= 4 is 23.0 Å². The molecule has 1 aliphatic rings. The summed E-state index contributed by atoms with van der Waals surface area (Å²) in [5, 5.41) is 4.63. The van der Waals surface area contributed by atoms with Crippen LogP contribution in [0.4, 0.5) is 23.0 Å². The number of pyridine rings is 2. The minimum absolute atomic E-state index is 0.649. The van der Waals surface area contributed by atoms with E-state index in [-0.39, 0.29) is 0 Å². The summed E-state index contributed by atoms with van der Waals surface area (Å²) in [6.07, 6.45) is 19.4. The molecule has 0 radical (unpaired) electrons. The third-order valence-corrected chi connectivity index (χ3v) is 9.85. The molecule has 2 aromatic heterocycles. The van der Waals surface area contributed by atoms with Gasteiger partial charge in [0.15, 0.2) is 5.82 Å². The molecule has 0 saturated carbocycles. The molecule has 0 N–H and O–H groups in total. The van der Waals surface area contributed by atoms with Gasteiger partial charge in [-0.3, -0.25) is 9.91 Å². The van der Waals surface area contributed by atoms with Gasteiger partial charge in [0.05, 0.1) is 12.2 Å². The molecule has 5 rings (SSSR count). The molecule has 0 amide bonds. The Labute approximate surface area is 315 Å². The fourth-order valence-corrected chi connectivity index (χ4v) is 6.65. The standard InChI is InChI=1S/C47H63N5/c1-35(2)17-21-39-12-9-14-43(30-39)51(46-32-41(25-27-48-46)23-19-37(5)6)45-16-11-29-50(34-45)52(44-15-10-13-40(31-44)22-18-36(3)4)47-33-42(26-28-49-47)24-20-38(7)8/h9-16,25-33,35-38H,17-24,34H2,1-8H3. The summed E-state index contributed by atoms with van der Waals surface area (Å²) in [7, 11) is 0. The van der Waals surface area contributed by atoms with Crippen molar-refractivity contribution in [2.45, 2.75) is 107 Å². The molecule has 0 aliphatic carbocycles. The molecule has 3 heterocycles. The number of benzene rings is 2. The average molecular weight is 698 g/mol. The molecule has 0 fully saturated rings. The monoisotopic (exact) mass is 698 g/mol. The quantitative estimate of drug-likeness (QED) is 0.103. The third-order valence-electron chi connectivity index (χ3n) is 9.85. The summed E-state index contributed by atoms with van der Waals surface area (Å²) in [4.78, 5) is 12.4. The zero-order chi connectivity index (χ0) is 37.0. The molecule has 52 heavy (non-hydrogen) atoms. The van der Waals surface area contributed by atoms with Crippen molar-refractivity contribution in [1.29, 1.82) is 0 Å². The van der Waals surface area contributed by atoms with E-state index in [1.54, 1.807) is 0 Å². The van der Waals surface area contributed by atoms with Crippen molar-refractivity contribution in [3.63, 3.8) is 0 Å². The fourth-order valence-electron chi connectivity index (χ4n) is 6.65. The van der Waals surface area contributed by atoms with Gasteiger partial charge in [0.25, 0.3) is 0 Å². The summed E-state index contributed by atoms with van der Waals surface area (Å²) in [6.45, 7) is 19.0. The van der Waals surface area contributed by atoms with Crippen LogP contribution in [0.15, 0.2) is 109 Å². The number of hydrazine groups is 1. The number of allylic oxidation sites excluding steroid dienone is 2. The van der Waals surface area contributed by atoms with Crippen molar-refractivity contribution in [2.75, 3.05) is 16.5 Å². The zero-order valence-electron chi connectivity index (χ0n) is 33.2. The summed E-state index contributed by atoms with van der Waals surface area (Å²) in [6, 6.07) is 27.0. The summed E-state index contributed by atoms with van der Waals surface area (Å²) in [5.74, 6) is 4.51. The number of aromatic nitrogens is 2. The van der Waals surface area contributed by atoms with Gasteiger partial charge in [0.2, 0.25) is 0 Å². The maximum atomic E-state index is 5.02. The highest BCUT2D eigenvalue weighted by molar-refractivity contribution is 5.68. The second-order valence-corrected chi connectivity index (χ2v) is 16.4. The first-order valence-corrected chi connectivity index (χ1v) is 19.9. The maximum absolute atomic E-state index is 5.02. The summed E-state index contributed by atoms with van der Waals surface area (Å²) < 4.78 is 0. The lowest BCUT2D eigenvalue weighted by Gasteiger charge is -2.39. The van der Waals surface area contributed by atoms with Crippen molar-refractivity contribution in [3.8, 4) is 0 Å². The molecule has 5 nitrogen and oxygen atoms in total. The molecule has 276 valence electrons. The van der Waals surface area contributed by atoms with Gasteiger partial charge in [0.1, 0.15) is 5.82 Å². The van der Waals surface area contributed by atoms with Crippen molar-refractivity contribution in [1.82, 2.24) is 15.0 Å². The second kappa shape index (κ2) is 18.9. The van der Waals surface area contributed by atoms with Crippen LogP contribution in [-0.4, -0.2) is 21.5 Å². The molecular formula is C47H63N5. The SMILES string of the molecule is CC(C)CCc1cccc(N(C2=CC=CN(N(c3cccc(CCC(C)C)c3)c3cc(CCC(C)C)ccn3)C2)c2cc(CCC(C)C)ccn2)c1. The van der Waals surface area contributed by atoms with Gasteiger partial charge in [-0.25, -0.2) is 15.0 Å². The van der Waals surface area contributed by atoms with E-state index in [9.17, 15) is 0 Å². The Hall–Kier alpha value is -4.38. The van der Waals surface area contributed by atoms with Gasteiger partial charge >= 0.3 is 0 Å². The molecule has 1 aliphatic heterocycles. The smallest absolute Gasteiger partial charge is 0.152 e. The van der Waals surface area contributed by atoms with Crippen LogP contribution in [0.3, 0.4) is 0 Å². The number of hydrogen-bond donors (Lipinski definition) is 0. The lowest BCUT2D eigenvalue weighted by molar-refractivity contribution is 0.404. The van der Waals surface area contributed by atoms with E-state index in [2.05, 4.69) is 161 Å². The van der Waals surface area contributed by atoms with Gasteiger partial charge in [-0.15, -0.1) is 0 Å². The second-order valence-electron chi connectivity index (χ2n) is 16.4. The third kappa shape index (κ3) is 11.3. The first kappa shape index (κ1) is 38.8. The van der Waals surface area contributed by atoms with Crippen molar-refractivity contribution < 1.29 is 0 Å². The number of aryl methyl sites for hydroxylation is 4. The Bertz CT molecular complexity index is 1660. The number of anilines is 4. The fraction of sp³-hybridized carbons (Fsp3) is 0.447. The van der Waals surface area contributed by atoms with Crippen LogP contribution in [0, 0.1) is 23.7 Å². The lowest BCUT2D eigenvalue weighted by Crippen LogP contribution is -2.41. The molecule has 0 unspecified atom stereocenters. The van der Waals surface area contributed by atoms with E-state index in [1.165, 1.54) is 28.7 Å². The largest absolute Gasteiger partial charge is 0.297 e. The Balaban J connectivity index is 1.55. The molecule has 5 heteroatoms. The average Bonchev–Trinajstić information content (AvgIpc) is 3.13. The van der Waals surface area contributed by atoms with Crippen LogP contribution in [0.25, 0.3) is 0 Å². The first-order valence-electron chi connectivity index (χ1n) is 19.9. The Kier molecular flexibility index (Phi) is 14.1. The van der Waals surface area contributed by atoms with Crippen molar-refractivity contribution in [2.24, 2.45) is 23.7 Å². The van der Waals surface area contributed by atoms with E-state index in [1.807, 2.05) is 12.4 Å². The van der Waals surface area contributed by atoms with Crippen LogP contribution < -0.4 is 9.91 Å². The predicted octanol–water partition coefficient (Wildman–Crippen LogP) is 12.4. The van der Waals surface area contributed by atoms with Gasteiger partial charge in [0, 0.05) is 30.0 Å². The Morgan fingerprint density at radius 2 is 1.02 bits per heavy atom. The highest BCUT2D eigenvalue weighted by Gasteiger charge is 2.25. The van der Waals surface area contributed by atoms with Crippen LogP contribution in [0.2, 0.25) is 0 Å². The zero-order valence-corrected chi connectivity index (χ0v) is 33.2. The number of rotatable bonds is 18. The Morgan fingerprint density at radius 1 is 0.558 bits per heavy atom. The summed E-state index contributed by atoms with van der Waals surface area (Å²) >= 11 is 0. The van der Waals surface area contributed by atoms with Gasteiger partial charge in [-0.1, -0.05) is 79.7 Å². The van der Waals surface area contributed by atoms with E-state index in [0.717, 1.165) is 73.7 Å². The van der Waals surface area contributed by atoms with Crippen LogP contribution in [0.1, 0.15) is 103 Å². The Morgan fingerprint density at radius 3 is 1.56 bits per heavy atom. The highest BCUT2D eigenvalue weighted by atomic mass is 15.6. The van der Waals surface area contributed by atoms with E-state index >= 15 is 0 Å². The van der Waals surface area contributed by atoms with Crippen LogP contribution in [0.5, 0.6) is 0 Å². The van der Waals surface area contributed by atoms with Gasteiger partial charge in [-0.2, -0.15) is 0 Å². The molecule has 0 bridgehead atoms. The van der Waals surface area contributed by atoms with Gasteiger partial charge < -0.3 is 0 Å². The molecule has 0 saturated heterocycles. The van der Waals surface area contributed by atoms with E-state index in [4.69, 9.17) is 9.97 Å². The predicted molar refractivity (Wildman–Crippen MR) is 222 cm³/mol. The van der Waals surface area contributed by atoms with Crippen LogP contribution >= 0.6 is 0 Å². The lowest BCUT2D eigenvalue weighted by atomic mass is 10.0. The number of hydrogen-bond acceptors (Lipinski definition) is 5. The van der Waals surface area contributed by atoms with E-state index < -0.39 is 0 Å². The first-order chi connectivity index (χ1) is 25.0. The molecule has 0 spiro atoms. The molecule has 2 aromatic carbocycles. The maximum Gasteiger partial charge on any atom is 0.152 e. The summed E-state index contributed by atoms with van der Waals surface area (Å²) in [5.41, 5.74) is 8.78. The molecule has 4 aromatic rings. The minimum Gasteiger partial charge on any atom is -0.297 e. The minimum atomic E-state index is 0.649. The molecular weight excluding hydrogens is 635 g/mol. The normalized spacial score (nSPS) is 13.1. The number of nitrogens with zero attached hydrogens (tertiary/aromatic N) is 5.